The van der Waals surface area contributed by atoms with E-state index in [1.165, 1.54) is 24.3 Å². The molecule has 0 atom stereocenters. The molecule has 1 amide bonds. The molecule has 0 aromatic heterocycles. The third kappa shape index (κ3) is 5.23. The van der Waals surface area contributed by atoms with Crippen molar-refractivity contribution < 1.29 is 22.7 Å². The SMILES string of the molecule is O=C(c1cc(Br)ccc1OC(F)F)N1CCN(Cc2ccc(F)cc2)CC1. The summed E-state index contributed by atoms with van der Waals surface area (Å²) in [6.07, 6.45) is 0. The Labute approximate surface area is 163 Å². The van der Waals surface area contributed by atoms with Crippen LogP contribution in [-0.4, -0.2) is 48.5 Å². The highest BCUT2D eigenvalue weighted by Gasteiger charge is 2.25. The van der Waals surface area contributed by atoms with Crippen molar-refractivity contribution in [2.75, 3.05) is 26.2 Å². The largest absolute Gasteiger partial charge is 0.434 e. The zero-order valence-electron chi connectivity index (χ0n) is 14.4. The minimum absolute atomic E-state index is 0.108. The Balaban J connectivity index is 1.63. The highest BCUT2D eigenvalue weighted by molar-refractivity contribution is 9.10. The molecule has 27 heavy (non-hydrogen) atoms. The molecular weight excluding hydrogens is 425 g/mol. The number of alkyl halides is 2. The topological polar surface area (TPSA) is 32.8 Å². The number of amides is 1. The van der Waals surface area contributed by atoms with Gasteiger partial charge in [-0.3, -0.25) is 9.69 Å². The molecule has 0 aliphatic carbocycles. The average molecular weight is 443 g/mol. The normalized spacial score (nSPS) is 15.2. The van der Waals surface area contributed by atoms with Gasteiger partial charge in [0.25, 0.3) is 5.91 Å². The van der Waals surface area contributed by atoms with Gasteiger partial charge in [0.05, 0.1) is 5.56 Å². The summed E-state index contributed by atoms with van der Waals surface area (Å²) in [6.45, 7) is -0.102. The number of carbonyl (C=O) groups excluding carboxylic acids is 1. The van der Waals surface area contributed by atoms with Crippen molar-refractivity contribution in [3.8, 4) is 5.75 Å². The summed E-state index contributed by atoms with van der Waals surface area (Å²) in [7, 11) is 0. The zero-order valence-corrected chi connectivity index (χ0v) is 16.0. The maximum absolute atomic E-state index is 13.0. The van der Waals surface area contributed by atoms with Crippen LogP contribution in [0.4, 0.5) is 13.2 Å². The van der Waals surface area contributed by atoms with Crippen LogP contribution in [0.3, 0.4) is 0 Å². The molecule has 1 aliphatic rings. The molecule has 0 spiro atoms. The van der Waals surface area contributed by atoms with Crippen LogP contribution < -0.4 is 4.74 Å². The highest BCUT2D eigenvalue weighted by Crippen LogP contribution is 2.26. The Hall–Kier alpha value is -2.06. The number of hydrogen-bond acceptors (Lipinski definition) is 3. The summed E-state index contributed by atoms with van der Waals surface area (Å²) in [6, 6.07) is 10.7. The van der Waals surface area contributed by atoms with Crippen molar-refractivity contribution in [3.05, 3.63) is 63.9 Å². The van der Waals surface area contributed by atoms with Crippen LogP contribution in [0, 0.1) is 5.82 Å². The van der Waals surface area contributed by atoms with Crippen LogP contribution in [0.1, 0.15) is 15.9 Å². The van der Waals surface area contributed by atoms with E-state index in [1.807, 2.05) is 0 Å². The van der Waals surface area contributed by atoms with Crippen molar-refractivity contribution in [3.63, 3.8) is 0 Å². The van der Waals surface area contributed by atoms with Gasteiger partial charge in [0.2, 0.25) is 0 Å². The van der Waals surface area contributed by atoms with Gasteiger partial charge in [-0.05, 0) is 35.9 Å². The van der Waals surface area contributed by atoms with Crippen molar-refractivity contribution in [2.45, 2.75) is 13.2 Å². The molecule has 0 N–H and O–H groups in total. The lowest BCUT2D eigenvalue weighted by Gasteiger charge is -2.35. The van der Waals surface area contributed by atoms with Gasteiger partial charge in [0.1, 0.15) is 11.6 Å². The molecule has 0 saturated carbocycles. The molecule has 1 saturated heterocycles. The van der Waals surface area contributed by atoms with Crippen molar-refractivity contribution in [1.29, 1.82) is 0 Å². The third-order valence-corrected chi connectivity index (χ3v) is 4.86. The summed E-state index contributed by atoms with van der Waals surface area (Å²) in [5, 5.41) is 0. The number of rotatable bonds is 5. The molecule has 0 bridgehead atoms. The van der Waals surface area contributed by atoms with E-state index in [-0.39, 0.29) is 23.0 Å². The van der Waals surface area contributed by atoms with Gasteiger partial charge in [-0.1, -0.05) is 28.1 Å². The predicted octanol–water partition coefficient (Wildman–Crippen LogP) is 4.15. The van der Waals surface area contributed by atoms with Gasteiger partial charge < -0.3 is 9.64 Å². The van der Waals surface area contributed by atoms with Crippen LogP contribution >= 0.6 is 15.9 Å². The van der Waals surface area contributed by atoms with Crippen LogP contribution in [0.15, 0.2) is 46.9 Å². The maximum Gasteiger partial charge on any atom is 0.387 e. The van der Waals surface area contributed by atoms with Crippen molar-refractivity contribution in [2.24, 2.45) is 0 Å². The second-order valence-electron chi connectivity index (χ2n) is 6.21. The van der Waals surface area contributed by atoms with Crippen LogP contribution in [0.5, 0.6) is 5.75 Å². The molecule has 2 aromatic carbocycles. The van der Waals surface area contributed by atoms with Crippen LogP contribution in [0.25, 0.3) is 0 Å². The second kappa shape index (κ2) is 8.75. The first kappa shape index (κ1) is 19.7. The van der Waals surface area contributed by atoms with E-state index < -0.39 is 6.61 Å². The van der Waals surface area contributed by atoms with E-state index in [9.17, 15) is 18.0 Å². The number of hydrogen-bond donors (Lipinski definition) is 0. The van der Waals surface area contributed by atoms with Gasteiger partial charge in [-0.15, -0.1) is 0 Å². The number of piperazine rings is 1. The van der Waals surface area contributed by atoms with Crippen LogP contribution in [-0.2, 0) is 6.54 Å². The van der Waals surface area contributed by atoms with E-state index >= 15 is 0 Å². The first-order valence-electron chi connectivity index (χ1n) is 8.43. The lowest BCUT2D eigenvalue weighted by molar-refractivity contribution is -0.0503. The Morgan fingerprint density at radius 3 is 2.37 bits per heavy atom. The Morgan fingerprint density at radius 1 is 1.07 bits per heavy atom. The first-order chi connectivity index (χ1) is 12.9. The number of benzene rings is 2. The van der Waals surface area contributed by atoms with Gasteiger partial charge in [0.15, 0.2) is 0 Å². The van der Waals surface area contributed by atoms with Crippen molar-refractivity contribution in [1.82, 2.24) is 9.80 Å². The summed E-state index contributed by atoms with van der Waals surface area (Å²) in [4.78, 5) is 16.6. The summed E-state index contributed by atoms with van der Waals surface area (Å²) >= 11 is 3.26. The Kier molecular flexibility index (Phi) is 6.38. The lowest BCUT2D eigenvalue weighted by atomic mass is 10.1. The summed E-state index contributed by atoms with van der Waals surface area (Å²) < 4.78 is 43.3. The van der Waals surface area contributed by atoms with E-state index in [1.54, 1.807) is 23.1 Å². The number of carbonyl (C=O) groups is 1. The molecule has 4 nitrogen and oxygen atoms in total. The number of ether oxygens (including phenoxy) is 1. The Morgan fingerprint density at radius 2 is 1.74 bits per heavy atom. The standard InChI is InChI=1S/C19H18BrF3N2O2/c20-14-3-6-17(27-19(22)23)16(11-14)18(26)25-9-7-24(8-10-25)12-13-1-4-15(21)5-2-13/h1-6,11,19H,7-10,12H2. The zero-order chi connectivity index (χ0) is 19.4. The molecule has 1 fully saturated rings. The van der Waals surface area contributed by atoms with Crippen molar-refractivity contribution >= 4 is 21.8 Å². The fourth-order valence-electron chi connectivity index (χ4n) is 3.00. The summed E-state index contributed by atoms with van der Waals surface area (Å²) in [5.41, 5.74) is 1.10. The quantitative estimate of drug-likeness (QED) is 0.697. The Bertz CT molecular complexity index is 794. The van der Waals surface area contributed by atoms with Gasteiger partial charge in [-0.25, -0.2) is 4.39 Å². The molecule has 144 valence electrons. The molecule has 0 unspecified atom stereocenters. The fraction of sp³-hybridized carbons (Fsp3) is 0.316. The van der Waals surface area contributed by atoms with E-state index in [0.29, 0.717) is 37.2 Å². The minimum Gasteiger partial charge on any atom is -0.434 e. The summed E-state index contributed by atoms with van der Waals surface area (Å²) in [5.74, 6) is -0.745. The predicted molar refractivity (Wildman–Crippen MR) is 98.4 cm³/mol. The molecule has 2 aromatic rings. The highest BCUT2D eigenvalue weighted by atomic mass is 79.9. The molecule has 1 heterocycles. The maximum atomic E-state index is 13.0. The molecule has 0 radical (unpaired) electrons. The fourth-order valence-corrected chi connectivity index (χ4v) is 3.36. The second-order valence-corrected chi connectivity index (χ2v) is 7.13. The van der Waals surface area contributed by atoms with Gasteiger partial charge in [-0.2, -0.15) is 8.78 Å². The first-order valence-corrected chi connectivity index (χ1v) is 9.22. The third-order valence-electron chi connectivity index (χ3n) is 4.37. The number of halogens is 4. The molecule has 8 heteroatoms. The van der Waals surface area contributed by atoms with Gasteiger partial charge >= 0.3 is 6.61 Å². The molecule has 3 rings (SSSR count). The monoisotopic (exact) mass is 442 g/mol. The smallest absolute Gasteiger partial charge is 0.387 e. The molecular formula is C19H18BrF3N2O2. The van der Waals surface area contributed by atoms with Crippen LogP contribution in [0.2, 0.25) is 0 Å². The molecule has 1 aliphatic heterocycles. The number of nitrogens with zero attached hydrogens (tertiary/aromatic N) is 2. The minimum atomic E-state index is -3.00. The van der Waals surface area contributed by atoms with Gasteiger partial charge in [0, 0.05) is 37.2 Å². The van der Waals surface area contributed by atoms with E-state index in [2.05, 4.69) is 25.6 Å². The van der Waals surface area contributed by atoms with E-state index in [4.69, 9.17) is 0 Å². The lowest BCUT2D eigenvalue weighted by Crippen LogP contribution is -2.48. The average Bonchev–Trinajstić information content (AvgIpc) is 2.65. The van der Waals surface area contributed by atoms with E-state index in [0.717, 1.165) is 5.56 Å².